The van der Waals surface area contributed by atoms with Gasteiger partial charge in [0.25, 0.3) is 0 Å². The van der Waals surface area contributed by atoms with Gasteiger partial charge in [-0.3, -0.25) is 0 Å². The second-order valence-electron chi connectivity index (χ2n) is 3.58. The SMILES string of the molecule is CCCn1nnc(C(F)(F)F)c1C(Cl)(Cl)C(Cl)(Cl)Cl. The molecule has 1 rings (SSSR count). The summed E-state index contributed by atoms with van der Waals surface area (Å²) < 4.78 is 34.6. The van der Waals surface area contributed by atoms with Crippen LogP contribution in [0.15, 0.2) is 0 Å². The van der Waals surface area contributed by atoms with Gasteiger partial charge in [-0.1, -0.05) is 70.1 Å². The first-order chi connectivity index (χ1) is 8.43. The van der Waals surface area contributed by atoms with Gasteiger partial charge in [0.15, 0.2) is 5.69 Å². The van der Waals surface area contributed by atoms with Crippen molar-refractivity contribution in [2.24, 2.45) is 0 Å². The third-order valence-corrected chi connectivity index (χ3v) is 4.45. The summed E-state index contributed by atoms with van der Waals surface area (Å²) >= 11 is 28.2. The first-order valence-corrected chi connectivity index (χ1v) is 6.77. The Labute approximate surface area is 131 Å². The fourth-order valence-corrected chi connectivity index (χ4v) is 1.96. The molecule has 0 aliphatic carbocycles. The van der Waals surface area contributed by atoms with Gasteiger partial charge in [0.05, 0.1) is 0 Å². The minimum atomic E-state index is -4.81. The van der Waals surface area contributed by atoms with Gasteiger partial charge in [0.2, 0.25) is 8.13 Å². The van der Waals surface area contributed by atoms with Crippen LogP contribution >= 0.6 is 58.0 Å². The lowest BCUT2D eigenvalue weighted by atomic mass is 10.2. The van der Waals surface area contributed by atoms with Crippen LogP contribution < -0.4 is 0 Å². The number of aromatic nitrogens is 3. The minimum absolute atomic E-state index is 0.0976. The minimum Gasteiger partial charge on any atom is -0.245 e. The highest BCUT2D eigenvalue weighted by Crippen LogP contribution is 2.54. The van der Waals surface area contributed by atoms with Crippen LogP contribution in [0.25, 0.3) is 0 Å². The molecule has 0 saturated carbocycles. The molecule has 0 saturated heterocycles. The van der Waals surface area contributed by atoms with Crippen molar-refractivity contribution in [3.05, 3.63) is 11.4 Å². The molecule has 110 valence electrons. The Morgan fingerprint density at radius 1 is 1.11 bits per heavy atom. The van der Waals surface area contributed by atoms with Crippen molar-refractivity contribution < 1.29 is 13.2 Å². The molecule has 11 heteroatoms. The number of nitrogens with zero attached hydrogens (tertiary/aromatic N) is 3. The van der Waals surface area contributed by atoms with Crippen LogP contribution in [0.4, 0.5) is 13.2 Å². The lowest BCUT2D eigenvalue weighted by Crippen LogP contribution is -2.33. The van der Waals surface area contributed by atoms with E-state index in [9.17, 15) is 13.2 Å². The molecule has 0 unspecified atom stereocenters. The summed E-state index contributed by atoms with van der Waals surface area (Å²) in [5.74, 6) is 0. The first-order valence-electron chi connectivity index (χ1n) is 4.88. The maximum absolute atomic E-state index is 12.9. The molecule has 19 heavy (non-hydrogen) atoms. The number of hydrogen-bond donors (Lipinski definition) is 0. The summed E-state index contributed by atoms with van der Waals surface area (Å²) in [6, 6.07) is 0. The van der Waals surface area contributed by atoms with Gasteiger partial charge in [0.1, 0.15) is 5.69 Å². The normalized spacial score (nSPS) is 13.9. The van der Waals surface area contributed by atoms with Crippen molar-refractivity contribution in [1.82, 2.24) is 15.0 Å². The predicted octanol–water partition coefficient (Wildman–Crippen LogP) is 4.71. The average molecular weight is 379 g/mol. The maximum Gasteiger partial charge on any atom is 0.437 e. The van der Waals surface area contributed by atoms with Crippen molar-refractivity contribution >= 4 is 58.0 Å². The number of halogens is 8. The Morgan fingerprint density at radius 3 is 2.00 bits per heavy atom. The Morgan fingerprint density at radius 2 is 1.63 bits per heavy atom. The van der Waals surface area contributed by atoms with E-state index in [0.29, 0.717) is 6.42 Å². The zero-order chi connectivity index (χ0) is 15.1. The fraction of sp³-hybridized carbons (Fsp3) is 0.750. The Balaban J connectivity index is 3.50. The molecule has 1 aromatic rings. The van der Waals surface area contributed by atoms with Crippen LogP contribution in [0.3, 0.4) is 0 Å². The lowest BCUT2D eigenvalue weighted by Gasteiger charge is -2.28. The van der Waals surface area contributed by atoms with E-state index in [1.165, 1.54) is 0 Å². The molecular formula is C8H7Cl5F3N3. The van der Waals surface area contributed by atoms with Crippen LogP contribution in [0.5, 0.6) is 0 Å². The summed E-state index contributed by atoms with van der Waals surface area (Å²) in [4.78, 5) is 0. The van der Waals surface area contributed by atoms with Gasteiger partial charge in [-0.2, -0.15) is 13.2 Å². The van der Waals surface area contributed by atoms with Gasteiger partial charge in [-0.25, -0.2) is 4.68 Å². The highest BCUT2D eigenvalue weighted by atomic mass is 35.6. The molecule has 0 spiro atoms. The molecule has 0 aliphatic rings. The Bertz CT molecular complexity index is 451. The summed E-state index contributed by atoms with van der Waals surface area (Å²) in [5, 5.41) is 6.38. The van der Waals surface area contributed by atoms with E-state index < -0.39 is 25.7 Å². The molecule has 0 bridgehead atoms. The van der Waals surface area contributed by atoms with E-state index in [4.69, 9.17) is 58.0 Å². The first kappa shape index (κ1) is 17.4. The van der Waals surface area contributed by atoms with Crippen molar-refractivity contribution in [1.29, 1.82) is 0 Å². The number of alkyl halides is 8. The van der Waals surface area contributed by atoms with Crippen LogP contribution in [-0.4, -0.2) is 18.8 Å². The molecule has 0 aromatic carbocycles. The predicted molar refractivity (Wildman–Crippen MR) is 69.0 cm³/mol. The quantitative estimate of drug-likeness (QED) is 0.713. The fourth-order valence-electron chi connectivity index (χ4n) is 1.32. The zero-order valence-electron chi connectivity index (χ0n) is 9.28. The molecule has 0 aliphatic heterocycles. The molecule has 0 amide bonds. The summed E-state index contributed by atoms with van der Waals surface area (Å²) in [6.07, 6.45) is -4.34. The molecule has 0 atom stereocenters. The van der Waals surface area contributed by atoms with Crippen LogP contribution in [0.2, 0.25) is 0 Å². The van der Waals surface area contributed by atoms with Crippen molar-refractivity contribution in [3.63, 3.8) is 0 Å². The van der Waals surface area contributed by atoms with Gasteiger partial charge in [-0.05, 0) is 6.42 Å². The van der Waals surface area contributed by atoms with Crippen molar-refractivity contribution in [2.75, 3.05) is 0 Å². The van der Waals surface area contributed by atoms with Crippen molar-refractivity contribution in [2.45, 2.75) is 34.2 Å². The van der Waals surface area contributed by atoms with Crippen LogP contribution in [0, 0.1) is 0 Å². The van der Waals surface area contributed by atoms with Gasteiger partial charge in [0, 0.05) is 6.54 Å². The molecule has 0 fully saturated rings. The summed E-state index contributed by atoms with van der Waals surface area (Å²) in [7, 11) is 0. The smallest absolute Gasteiger partial charge is 0.245 e. The third-order valence-electron chi connectivity index (χ3n) is 2.09. The largest absolute Gasteiger partial charge is 0.437 e. The van der Waals surface area contributed by atoms with E-state index in [1.807, 2.05) is 0 Å². The zero-order valence-corrected chi connectivity index (χ0v) is 13.1. The van der Waals surface area contributed by atoms with Gasteiger partial charge >= 0.3 is 6.18 Å². The number of hydrogen-bond acceptors (Lipinski definition) is 2. The molecule has 1 heterocycles. The van der Waals surface area contributed by atoms with E-state index in [1.54, 1.807) is 6.92 Å². The number of rotatable bonds is 3. The number of aryl methyl sites for hydroxylation is 1. The molecular weight excluding hydrogens is 372 g/mol. The molecule has 0 radical (unpaired) electrons. The van der Waals surface area contributed by atoms with Crippen molar-refractivity contribution in [3.8, 4) is 0 Å². The molecule has 3 nitrogen and oxygen atoms in total. The second kappa shape index (κ2) is 5.64. The second-order valence-corrected chi connectivity index (χ2v) is 7.19. The third kappa shape index (κ3) is 3.53. The highest BCUT2D eigenvalue weighted by Gasteiger charge is 2.55. The van der Waals surface area contributed by atoms with E-state index in [0.717, 1.165) is 4.68 Å². The molecule has 1 aromatic heterocycles. The maximum atomic E-state index is 12.9. The highest BCUT2D eigenvalue weighted by molar-refractivity contribution is 6.75. The van der Waals surface area contributed by atoms with Gasteiger partial charge < -0.3 is 0 Å². The monoisotopic (exact) mass is 377 g/mol. The van der Waals surface area contributed by atoms with E-state index in [2.05, 4.69) is 10.3 Å². The van der Waals surface area contributed by atoms with Gasteiger partial charge in [-0.15, -0.1) is 5.10 Å². The lowest BCUT2D eigenvalue weighted by molar-refractivity contribution is -0.142. The topological polar surface area (TPSA) is 30.7 Å². The standard InChI is InChI=1S/C8H7Cl5F3N3/c1-2-3-19-5(6(9,10)8(11,12)13)4(17-18-19)7(14,15)16/h2-3H2,1H3. The van der Waals surface area contributed by atoms with E-state index >= 15 is 0 Å². The Kier molecular flexibility index (Phi) is 5.17. The average Bonchev–Trinajstić information content (AvgIpc) is 2.60. The van der Waals surface area contributed by atoms with E-state index in [-0.39, 0.29) is 6.54 Å². The van der Waals surface area contributed by atoms with Crippen LogP contribution in [-0.2, 0) is 17.1 Å². The summed E-state index contributed by atoms with van der Waals surface area (Å²) in [5.41, 5.74) is -2.07. The Hall–Kier alpha value is 0.380. The molecule has 0 N–H and O–H groups in total. The van der Waals surface area contributed by atoms with Crippen LogP contribution in [0.1, 0.15) is 24.7 Å². The summed E-state index contributed by atoms with van der Waals surface area (Å²) in [6.45, 7) is 1.82.